The van der Waals surface area contributed by atoms with Crippen LogP contribution in [0.15, 0.2) is 0 Å². The van der Waals surface area contributed by atoms with Crippen LogP contribution in [0, 0.1) is 5.92 Å². The first kappa shape index (κ1) is 13.8. The van der Waals surface area contributed by atoms with Crippen LogP contribution in [0.3, 0.4) is 0 Å². The third-order valence-corrected chi connectivity index (χ3v) is 6.01. The molecule has 2 rings (SSSR count). The van der Waals surface area contributed by atoms with E-state index in [4.69, 9.17) is 5.11 Å². The lowest BCUT2D eigenvalue weighted by molar-refractivity contribution is -0.140. The Hall–Kier alpha value is -0.620. The van der Waals surface area contributed by atoms with E-state index in [0.717, 1.165) is 12.8 Å². The number of aliphatic carboxylic acids is 1. The molecule has 1 atom stereocenters. The van der Waals surface area contributed by atoms with E-state index in [9.17, 15) is 13.2 Å². The van der Waals surface area contributed by atoms with Gasteiger partial charge < -0.3 is 5.11 Å². The molecule has 1 aliphatic carbocycles. The van der Waals surface area contributed by atoms with Gasteiger partial charge in [-0.3, -0.25) is 4.79 Å². The molecule has 0 unspecified atom stereocenters. The molecule has 0 radical (unpaired) electrons. The molecule has 2 aliphatic rings. The van der Waals surface area contributed by atoms with Gasteiger partial charge in [0.25, 0.3) is 0 Å². The van der Waals surface area contributed by atoms with Crippen LogP contribution in [0.1, 0.15) is 44.9 Å². The van der Waals surface area contributed by atoms with Crippen LogP contribution in [0.2, 0.25) is 0 Å². The normalized spacial score (nSPS) is 26.8. The maximum absolute atomic E-state index is 12.2. The van der Waals surface area contributed by atoms with E-state index in [1.54, 1.807) is 0 Å². The fourth-order valence-electron chi connectivity index (χ4n) is 3.05. The van der Waals surface area contributed by atoms with Crippen molar-refractivity contribution in [3.63, 3.8) is 0 Å². The summed E-state index contributed by atoms with van der Waals surface area (Å²) in [5.41, 5.74) is 0. The van der Waals surface area contributed by atoms with Crippen molar-refractivity contribution in [2.75, 3.05) is 12.3 Å². The van der Waals surface area contributed by atoms with Crippen molar-refractivity contribution in [3.05, 3.63) is 0 Å². The molecular formula is C12H21NO4S. The van der Waals surface area contributed by atoms with Gasteiger partial charge in [0.05, 0.1) is 5.75 Å². The van der Waals surface area contributed by atoms with Crippen molar-refractivity contribution in [1.29, 1.82) is 0 Å². The van der Waals surface area contributed by atoms with E-state index in [0.29, 0.717) is 31.7 Å². The first-order valence-corrected chi connectivity index (χ1v) is 8.34. The Balaban J connectivity index is 1.94. The number of carboxylic acids is 1. The number of carboxylic acid groups (broad SMARTS) is 1. The molecule has 0 bridgehead atoms. The SMILES string of the molecule is O=C(O)[C@H]1CCCN1S(=O)(=O)CCC1CCCC1. The largest absolute Gasteiger partial charge is 0.480 e. The fourth-order valence-corrected chi connectivity index (χ4v) is 4.91. The Kier molecular flexibility index (Phi) is 4.27. The summed E-state index contributed by atoms with van der Waals surface area (Å²) in [5.74, 6) is -0.385. The number of rotatable bonds is 5. The lowest BCUT2D eigenvalue weighted by atomic mass is 10.1. The maximum atomic E-state index is 12.2. The zero-order valence-electron chi connectivity index (χ0n) is 10.5. The summed E-state index contributed by atoms with van der Waals surface area (Å²) in [6.07, 6.45) is 6.43. The second-order valence-electron chi connectivity index (χ2n) is 5.36. The van der Waals surface area contributed by atoms with Crippen molar-refractivity contribution in [2.45, 2.75) is 51.0 Å². The maximum Gasteiger partial charge on any atom is 0.322 e. The van der Waals surface area contributed by atoms with Crippen molar-refractivity contribution < 1.29 is 18.3 Å². The molecule has 18 heavy (non-hydrogen) atoms. The second kappa shape index (κ2) is 5.57. The minimum Gasteiger partial charge on any atom is -0.480 e. The Morgan fingerprint density at radius 2 is 1.83 bits per heavy atom. The van der Waals surface area contributed by atoms with Crippen LogP contribution in [-0.4, -0.2) is 42.1 Å². The molecule has 2 fully saturated rings. The summed E-state index contributed by atoms with van der Waals surface area (Å²) in [6.45, 7) is 0.365. The summed E-state index contributed by atoms with van der Waals surface area (Å²) < 4.78 is 25.5. The lowest BCUT2D eigenvalue weighted by Crippen LogP contribution is -2.41. The topological polar surface area (TPSA) is 74.7 Å². The molecule has 0 aromatic carbocycles. The molecule has 1 heterocycles. The molecular weight excluding hydrogens is 254 g/mol. The van der Waals surface area contributed by atoms with E-state index >= 15 is 0 Å². The Bertz CT molecular complexity index is 400. The van der Waals surface area contributed by atoms with Gasteiger partial charge in [0.2, 0.25) is 10.0 Å². The Labute approximate surface area is 108 Å². The van der Waals surface area contributed by atoms with Crippen LogP contribution in [0.5, 0.6) is 0 Å². The van der Waals surface area contributed by atoms with Gasteiger partial charge in [-0.1, -0.05) is 25.7 Å². The van der Waals surface area contributed by atoms with Crippen molar-refractivity contribution in [3.8, 4) is 0 Å². The molecule has 0 spiro atoms. The third-order valence-electron chi connectivity index (χ3n) is 4.10. The number of nitrogens with zero attached hydrogens (tertiary/aromatic N) is 1. The number of hydrogen-bond donors (Lipinski definition) is 1. The first-order chi connectivity index (χ1) is 8.50. The molecule has 1 aliphatic heterocycles. The molecule has 104 valence electrons. The van der Waals surface area contributed by atoms with Gasteiger partial charge in [0.1, 0.15) is 6.04 Å². The molecule has 0 amide bonds. The smallest absolute Gasteiger partial charge is 0.322 e. The van der Waals surface area contributed by atoms with Crippen LogP contribution in [0.4, 0.5) is 0 Å². The van der Waals surface area contributed by atoms with E-state index in [2.05, 4.69) is 0 Å². The van der Waals surface area contributed by atoms with Gasteiger partial charge >= 0.3 is 5.97 Å². The number of sulfonamides is 1. The minimum atomic E-state index is -3.39. The van der Waals surface area contributed by atoms with Gasteiger partial charge in [-0.25, -0.2) is 8.42 Å². The van der Waals surface area contributed by atoms with Crippen molar-refractivity contribution in [2.24, 2.45) is 5.92 Å². The predicted molar refractivity (Wildman–Crippen MR) is 67.7 cm³/mol. The highest BCUT2D eigenvalue weighted by atomic mass is 32.2. The summed E-state index contributed by atoms with van der Waals surface area (Å²) in [4.78, 5) is 11.0. The highest BCUT2D eigenvalue weighted by molar-refractivity contribution is 7.89. The van der Waals surface area contributed by atoms with Crippen LogP contribution < -0.4 is 0 Å². The monoisotopic (exact) mass is 275 g/mol. The summed E-state index contributed by atoms with van der Waals surface area (Å²) in [5, 5.41) is 9.02. The zero-order chi connectivity index (χ0) is 13.2. The molecule has 5 nitrogen and oxygen atoms in total. The molecule has 1 N–H and O–H groups in total. The predicted octanol–water partition coefficient (Wildman–Crippen LogP) is 1.45. The van der Waals surface area contributed by atoms with E-state index < -0.39 is 22.0 Å². The number of hydrogen-bond acceptors (Lipinski definition) is 3. The Morgan fingerprint density at radius 3 is 2.44 bits per heavy atom. The van der Waals surface area contributed by atoms with E-state index in [1.807, 2.05) is 0 Å². The molecule has 6 heteroatoms. The van der Waals surface area contributed by atoms with E-state index in [1.165, 1.54) is 17.1 Å². The minimum absolute atomic E-state index is 0.113. The first-order valence-electron chi connectivity index (χ1n) is 6.73. The third kappa shape index (κ3) is 3.03. The van der Waals surface area contributed by atoms with Gasteiger partial charge in [0, 0.05) is 6.54 Å². The van der Waals surface area contributed by atoms with Crippen LogP contribution in [-0.2, 0) is 14.8 Å². The van der Waals surface area contributed by atoms with Gasteiger partial charge in [0.15, 0.2) is 0 Å². The van der Waals surface area contributed by atoms with Gasteiger partial charge in [-0.15, -0.1) is 0 Å². The van der Waals surface area contributed by atoms with Crippen LogP contribution in [0.25, 0.3) is 0 Å². The highest BCUT2D eigenvalue weighted by Crippen LogP contribution is 2.29. The standard InChI is InChI=1S/C12H21NO4S/c14-12(15)11-6-3-8-13(11)18(16,17)9-7-10-4-1-2-5-10/h10-11H,1-9H2,(H,14,15)/t11-/m1/s1. The van der Waals surface area contributed by atoms with E-state index in [-0.39, 0.29) is 5.75 Å². The molecule has 1 saturated carbocycles. The molecule has 1 saturated heterocycles. The lowest BCUT2D eigenvalue weighted by Gasteiger charge is -2.21. The second-order valence-corrected chi connectivity index (χ2v) is 7.40. The molecule has 0 aromatic rings. The molecule has 0 aromatic heterocycles. The van der Waals surface area contributed by atoms with Crippen molar-refractivity contribution in [1.82, 2.24) is 4.31 Å². The highest BCUT2D eigenvalue weighted by Gasteiger charge is 2.38. The van der Waals surface area contributed by atoms with Crippen LogP contribution >= 0.6 is 0 Å². The van der Waals surface area contributed by atoms with Gasteiger partial charge in [-0.05, 0) is 25.2 Å². The Morgan fingerprint density at radius 1 is 1.17 bits per heavy atom. The quantitative estimate of drug-likeness (QED) is 0.824. The average molecular weight is 275 g/mol. The fraction of sp³-hybridized carbons (Fsp3) is 0.917. The summed E-state index contributed by atoms with van der Waals surface area (Å²) in [6, 6.07) is -0.835. The zero-order valence-corrected chi connectivity index (χ0v) is 11.4. The number of carbonyl (C=O) groups is 1. The van der Waals surface area contributed by atoms with Crippen molar-refractivity contribution >= 4 is 16.0 Å². The van der Waals surface area contributed by atoms with Gasteiger partial charge in [-0.2, -0.15) is 4.31 Å². The summed E-state index contributed by atoms with van der Waals surface area (Å²) >= 11 is 0. The average Bonchev–Trinajstić information content (AvgIpc) is 2.98. The summed E-state index contributed by atoms with van der Waals surface area (Å²) in [7, 11) is -3.39.